The summed E-state index contributed by atoms with van der Waals surface area (Å²) in [5, 5.41) is 25.4. The van der Waals surface area contributed by atoms with Crippen LogP contribution in [0.3, 0.4) is 0 Å². The van der Waals surface area contributed by atoms with E-state index >= 15 is 0 Å². The van der Waals surface area contributed by atoms with E-state index in [4.69, 9.17) is 9.47 Å². The molecule has 2 heterocycles. The molecule has 228 valence electrons. The Labute approximate surface area is 261 Å². The molecule has 4 bridgehead atoms. The van der Waals surface area contributed by atoms with Crippen molar-refractivity contribution >= 4 is 34.8 Å². The van der Waals surface area contributed by atoms with Gasteiger partial charge in [0.1, 0.15) is 5.01 Å². The van der Waals surface area contributed by atoms with Crippen molar-refractivity contribution in [2.75, 3.05) is 11.1 Å². The van der Waals surface area contributed by atoms with Crippen molar-refractivity contribution < 1.29 is 19.4 Å². The van der Waals surface area contributed by atoms with Gasteiger partial charge in [-0.2, -0.15) is 0 Å². The number of thioether (sulfide) groups is 1. The first-order chi connectivity index (χ1) is 20.8. The highest BCUT2D eigenvalue weighted by Gasteiger charge is 2.51. The van der Waals surface area contributed by atoms with Crippen LogP contribution in [0.5, 0.6) is 0 Å². The second-order valence-electron chi connectivity index (χ2n) is 13.1. The third-order valence-electron chi connectivity index (χ3n) is 9.86. The van der Waals surface area contributed by atoms with Crippen LogP contribution in [0, 0.1) is 30.6 Å². The molecule has 4 saturated carbocycles. The summed E-state index contributed by atoms with van der Waals surface area (Å²) in [6.07, 6.45) is 6.61. The molecule has 4 atom stereocenters. The Morgan fingerprint density at radius 2 is 1.63 bits per heavy atom. The molecule has 0 unspecified atom stereocenters. The lowest BCUT2D eigenvalue weighted by Gasteiger charge is -2.56. The number of aliphatic hydroxyl groups is 1. The highest BCUT2D eigenvalue weighted by atomic mass is 32.2. The molecule has 5 aliphatic rings. The minimum Gasteiger partial charge on any atom is -0.392 e. The van der Waals surface area contributed by atoms with E-state index in [1.165, 1.54) is 19.3 Å². The van der Waals surface area contributed by atoms with Crippen molar-refractivity contribution in [1.82, 2.24) is 15.5 Å². The summed E-state index contributed by atoms with van der Waals surface area (Å²) in [6, 6.07) is 15.7. The first-order valence-electron chi connectivity index (χ1n) is 15.5. The minimum absolute atomic E-state index is 0.00850. The van der Waals surface area contributed by atoms with Crippen LogP contribution in [-0.2, 0) is 16.1 Å². The molecule has 8 rings (SSSR count). The molecule has 2 aromatic carbocycles. The molecule has 5 fully saturated rings. The monoisotopic (exact) mass is 620 g/mol. The smallest absolute Gasteiger partial charge is 0.319 e. The maximum atomic E-state index is 13.1. The molecular weight excluding hydrogens is 581 g/mol. The van der Waals surface area contributed by atoms with E-state index in [1.807, 2.05) is 55.5 Å². The first kappa shape index (κ1) is 29.2. The number of anilines is 1. The predicted molar refractivity (Wildman–Crippen MR) is 168 cm³/mol. The summed E-state index contributed by atoms with van der Waals surface area (Å²) in [7, 11) is 0. The van der Waals surface area contributed by atoms with E-state index in [1.54, 1.807) is 23.1 Å². The molecule has 8 nitrogen and oxygen atoms in total. The third kappa shape index (κ3) is 6.35. The number of aromatic nitrogens is 2. The molecule has 4 aliphatic carbocycles. The topological polar surface area (TPSA) is 106 Å². The van der Waals surface area contributed by atoms with Gasteiger partial charge < -0.3 is 25.2 Å². The van der Waals surface area contributed by atoms with Gasteiger partial charge in [-0.25, -0.2) is 4.79 Å². The van der Waals surface area contributed by atoms with Gasteiger partial charge >= 0.3 is 6.03 Å². The van der Waals surface area contributed by atoms with Crippen molar-refractivity contribution in [1.29, 1.82) is 0 Å². The van der Waals surface area contributed by atoms with E-state index in [9.17, 15) is 9.90 Å². The van der Waals surface area contributed by atoms with E-state index < -0.39 is 6.29 Å². The van der Waals surface area contributed by atoms with Crippen LogP contribution >= 0.6 is 23.1 Å². The van der Waals surface area contributed by atoms with E-state index in [2.05, 4.69) is 27.8 Å². The number of ether oxygens (including phenoxy) is 2. The zero-order valence-electron chi connectivity index (χ0n) is 24.7. The summed E-state index contributed by atoms with van der Waals surface area (Å²) >= 11 is 3.25. The Morgan fingerprint density at radius 1 is 0.977 bits per heavy atom. The maximum Gasteiger partial charge on any atom is 0.319 e. The van der Waals surface area contributed by atoms with Crippen molar-refractivity contribution in [2.45, 2.75) is 87.4 Å². The molecule has 43 heavy (non-hydrogen) atoms. The highest BCUT2D eigenvalue weighted by molar-refractivity contribution is 8.01. The molecule has 0 spiro atoms. The average molecular weight is 621 g/mol. The number of hydrogen-bond donors (Lipinski definition) is 3. The zero-order valence-corrected chi connectivity index (χ0v) is 26.3. The summed E-state index contributed by atoms with van der Waals surface area (Å²) in [4.78, 5) is 13.1. The van der Waals surface area contributed by atoms with E-state index in [-0.39, 0.29) is 36.3 Å². The normalized spacial score (nSPS) is 33.0. The summed E-state index contributed by atoms with van der Waals surface area (Å²) in [6.45, 7) is 4.13. The SMILES string of the molecule is Cc1nnc(SC[C@@H]2O[C@H](c3ccc(NC(=O)NC45CC6CC(CC(C6)C4)C5)cc3)O[C@H](c3ccc(CO)cc3)[C@@H]2C)s1. The van der Waals surface area contributed by atoms with Crippen LogP contribution < -0.4 is 10.6 Å². The van der Waals surface area contributed by atoms with Crippen LogP contribution in [0.4, 0.5) is 10.5 Å². The van der Waals surface area contributed by atoms with Gasteiger partial charge in [-0.05, 0) is 86.5 Å². The fourth-order valence-corrected chi connectivity index (χ4v) is 10.2. The lowest BCUT2D eigenvalue weighted by molar-refractivity contribution is -0.268. The lowest BCUT2D eigenvalue weighted by atomic mass is 9.53. The van der Waals surface area contributed by atoms with E-state index in [0.717, 1.165) is 74.5 Å². The summed E-state index contributed by atoms with van der Waals surface area (Å²) in [5.74, 6) is 3.16. The summed E-state index contributed by atoms with van der Waals surface area (Å²) < 4.78 is 14.1. The van der Waals surface area contributed by atoms with Crippen LogP contribution in [0.15, 0.2) is 52.9 Å². The minimum atomic E-state index is -0.560. The lowest BCUT2D eigenvalue weighted by Crippen LogP contribution is -2.60. The number of aryl methyl sites for hydroxylation is 1. The molecule has 2 amide bonds. The van der Waals surface area contributed by atoms with Gasteiger partial charge in [0.2, 0.25) is 0 Å². The van der Waals surface area contributed by atoms with Gasteiger partial charge in [-0.15, -0.1) is 10.2 Å². The van der Waals surface area contributed by atoms with Gasteiger partial charge in [0.15, 0.2) is 10.6 Å². The first-order valence-corrected chi connectivity index (χ1v) is 17.3. The number of hydrogen-bond acceptors (Lipinski definition) is 8. The summed E-state index contributed by atoms with van der Waals surface area (Å²) in [5.41, 5.74) is 3.56. The van der Waals surface area contributed by atoms with Crippen molar-refractivity contribution in [3.05, 3.63) is 70.2 Å². The molecule has 3 N–H and O–H groups in total. The Hall–Kier alpha value is -2.50. The predicted octanol–water partition coefficient (Wildman–Crippen LogP) is 7.01. The molecular formula is C33H40N4O4S2. The Morgan fingerprint density at radius 3 is 2.23 bits per heavy atom. The Kier molecular flexibility index (Phi) is 8.24. The molecule has 1 aromatic heterocycles. The second-order valence-corrected chi connectivity index (χ2v) is 15.6. The van der Waals surface area contributed by atoms with Gasteiger partial charge in [-0.3, -0.25) is 0 Å². The Bertz CT molecular complexity index is 1390. The fraction of sp³-hybridized carbons (Fsp3) is 0.545. The quantitative estimate of drug-likeness (QED) is 0.233. The fourth-order valence-electron chi connectivity index (χ4n) is 8.19. The number of amides is 2. The maximum absolute atomic E-state index is 13.1. The number of benzene rings is 2. The Balaban J connectivity index is 1.04. The third-order valence-corrected chi connectivity index (χ3v) is 11.9. The molecule has 3 aromatic rings. The standard InChI is InChI=1S/C33H40N4O4S2/c1-19-28(18-42-32-37-36-20(2)43-32)40-30(41-29(19)25-5-3-21(17-38)4-6-25)26-7-9-27(10-8-26)34-31(39)35-33-14-22-11-23(15-33)13-24(12-22)16-33/h3-10,19,22-24,28-30,38H,11-18H2,1-2H3,(H2,34,35,39)/t19-,22?,23?,24?,28+,29+,30+,33?/m1/s1. The number of nitrogens with zero attached hydrogens (tertiary/aromatic N) is 2. The van der Waals surface area contributed by atoms with Gasteiger partial charge in [0, 0.05) is 28.5 Å². The molecule has 1 saturated heterocycles. The van der Waals surface area contributed by atoms with Crippen LogP contribution in [0.1, 0.15) is 79.5 Å². The second kappa shape index (κ2) is 12.1. The van der Waals surface area contributed by atoms with Gasteiger partial charge in [-0.1, -0.05) is 66.4 Å². The molecule has 10 heteroatoms. The van der Waals surface area contributed by atoms with Gasteiger partial charge in [0.05, 0.1) is 18.8 Å². The highest BCUT2D eigenvalue weighted by Crippen LogP contribution is 2.55. The van der Waals surface area contributed by atoms with Crippen molar-refractivity contribution in [2.24, 2.45) is 23.7 Å². The van der Waals surface area contributed by atoms with Crippen LogP contribution in [0.25, 0.3) is 0 Å². The number of carbonyl (C=O) groups excluding carboxylic acids is 1. The number of aliphatic hydroxyl groups excluding tert-OH is 1. The number of rotatable bonds is 8. The van der Waals surface area contributed by atoms with Gasteiger partial charge in [0.25, 0.3) is 0 Å². The number of nitrogens with one attached hydrogen (secondary N) is 2. The van der Waals surface area contributed by atoms with Crippen LogP contribution in [0.2, 0.25) is 0 Å². The van der Waals surface area contributed by atoms with Crippen LogP contribution in [-0.4, -0.2) is 38.7 Å². The van der Waals surface area contributed by atoms with Crippen molar-refractivity contribution in [3.8, 4) is 0 Å². The number of urea groups is 1. The molecule has 1 aliphatic heterocycles. The van der Waals surface area contributed by atoms with E-state index in [0.29, 0.717) is 0 Å². The average Bonchev–Trinajstić information content (AvgIpc) is 3.41. The van der Waals surface area contributed by atoms with Crippen molar-refractivity contribution in [3.63, 3.8) is 0 Å². The zero-order chi connectivity index (χ0) is 29.6. The number of carbonyl (C=O) groups is 1. The molecule has 0 radical (unpaired) electrons. The largest absolute Gasteiger partial charge is 0.392 e.